The molecule has 2 rings (SSSR count). The van der Waals surface area contributed by atoms with Crippen molar-refractivity contribution in [2.45, 2.75) is 52.6 Å². The Labute approximate surface area is 164 Å². The highest BCUT2D eigenvalue weighted by Crippen LogP contribution is 2.27. The Kier molecular flexibility index (Phi) is 6.59. The average molecular weight is 389 g/mol. The molecule has 1 aliphatic heterocycles. The van der Waals surface area contributed by atoms with Crippen molar-refractivity contribution >= 4 is 23.8 Å². The van der Waals surface area contributed by atoms with Crippen molar-refractivity contribution in [1.29, 1.82) is 0 Å². The molecule has 2 atom stereocenters. The Morgan fingerprint density at radius 2 is 1.64 bits per heavy atom. The number of esters is 1. The highest BCUT2D eigenvalue weighted by molar-refractivity contribution is 6.21. The van der Waals surface area contributed by atoms with E-state index in [1.807, 2.05) is 6.92 Å². The van der Waals surface area contributed by atoms with Gasteiger partial charge in [-0.05, 0) is 51.7 Å². The normalized spacial score (nSPS) is 15.9. The molecule has 7 heteroatoms. The van der Waals surface area contributed by atoms with E-state index in [9.17, 15) is 19.2 Å². The summed E-state index contributed by atoms with van der Waals surface area (Å²) in [5.74, 6) is -3.04. The van der Waals surface area contributed by atoms with E-state index in [0.29, 0.717) is 24.0 Å². The van der Waals surface area contributed by atoms with E-state index in [-0.39, 0.29) is 18.9 Å². The van der Waals surface area contributed by atoms with Crippen molar-refractivity contribution in [3.8, 4) is 0 Å². The standard InChI is InChI=1S/C21H27NO6/c1-13(9-10-17(23)24)11-14(20(27)28-21(2,3)4)12-22-18(25)15-7-5-6-8-16(15)19(22)26/h5-8,13-14H,9-12H2,1-4H3,(H,23,24)/t13-,14-/m1/s1. The van der Waals surface area contributed by atoms with Crippen LogP contribution in [0.1, 0.15) is 67.7 Å². The van der Waals surface area contributed by atoms with E-state index in [1.165, 1.54) is 0 Å². The fraction of sp³-hybridized carbons (Fsp3) is 0.524. The molecule has 0 unspecified atom stereocenters. The number of hydrogen-bond acceptors (Lipinski definition) is 5. The first-order chi connectivity index (χ1) is 13.0. The van der Waals surface area contributed by atoms with E-state index >= 15 is 0 Å². The van der Waals surface area contributed by atoms with Crippen LogP contribution in [0, 0.1) is 11.8 Å². The molecule has 0 saturated carbocycles. The van der Waals surface area contributed by atoms with Gasteiger partial charge in [0, 0.05) is 13.0 Å². The fourth-order valence-corrected chi connectivity index (χ4v) is 3.23. The van der Waals surface area contributed by atoms with Crippen LogP contribution in [0.15, 0.2) is 24.3 Å². The molecule has 7 nitrogen and oxygen atoms in total. The Morgan fingerprint density at radius 1 is 1.11 bits per heavy atom. The maximum Gasteiger partial charge on any atom is 0.311 e. The Morgan fingerprint density at radius 3 is 2.11 bits per heavy atom. The van der Waals surface area contributed by atoms with Gasteiger partial charge in [0.25, 0.3) is 11.8 Å². The molecular weight excluding hydrogens is 362 g/mol. The zero-order valence-corrected chi connectivity index (χ0v) is 16.7. The number of nitrogens with zero attached hydrogens (tertiary/aromatic N) is 1. The minimum atomic E-state index is -0.902. The van der Waals surface area contributed by atoms with Gasteiger partial charge in [-0.15, -0.1) is 0 Å². The lowest BCUT2D eigenvalue weighted by Gasteiger charge is -2.27. The summed E-state index contributed by atoms with van der Waals surface area (Å²) in [4.78, 5) is 49.9. The molecule has 28 heavy (non-hydrogen) atoms. The number of carboxylic acids is 1. The number of amides is 2. The van der Waals surface area contributed by atoms with Crippen molar-refractivity contribution in [2.24, 2.45) is 11.8 Å². The van der Waals surface area contributed by atoms with Crippen molar-refractivity contribution in [2.75, 3.05) is 6.54 Å². The van der Waals surface area contributed by atoms with Crippen molar-refractivity contribution in [3.63, 3.8) is 0 Å². The number of aliphatic carboxylic acids is 1. The molecule has 152 valence electrons. The first-order valence-corrected chi connectivity index (χ1v) is 9.39. The number of imide groups is 1. The van der Waals surface area contributed by atoms with Gasteiger partial charge in [-0.25, -0.2) is 0 Å². The summed E-state index contributed by atoms with van der Waals surface area (Å²) < 4.78 is 5.48. The predicted octanol–water partition coefficient (Wildman–Crippen LogP) is 3.13. The second-order valence-electron chi connectivity index (χ2n) is 8.27. The quantitative estimate of drug-likeness (QED) is 0.541. The number of ether oxygens (including phenoxy) is 1. The molecule has 1 aromatic rings. The predicted molar refractivity (Wildman–Crippen MR) is 102 cm³/mol. The SMILES string of the molecule is C[C@H](CCC(=O)O)C[C@H](CN1C(=O)c2ccccc2C1=O)C(=O)OC(C)(C)C. The summed E-state index contributed by atoms with van der Waals surface area (Å²) in [5, 5.41) is 8.87. The second-order valence-corrected chi connectivity index (χ2v) is 8.27. The number of carboxylic acid groups (broad SMARTS) is 1. The van der Waals surface area contributed by atoms with Crippen molar-refractivity contribution in [1.82, 2.24) is 4.90 Å². The smallest absolute Gasteiger partial charge is 0.311 e. The van der Waals surface area contributed by atoms with Gasteiger partial charge in [0.05, 0.1) is 17.0 Å². The summed E-state index contributed by atoms with van der Waals surface area (Å²) in [6.07, 6.45) is 0.724. The lowest BCUT2D eigenvalue weighted by molar-refractivity contribution is -0.160. The van der Waals surface area contributed by atoms with Crippen LogP contribution in [-0.2, 0) is 14.3 Å². The zero-order valence-electron chi connectivity index (χ0n) is 16.7. The number of fused-ring (bicyclic) bond motifs is 1. The van der Waals surface area contributed by atoms with Gasteiger partial charge in [-0.3, -0.25) is 24.1 Å². The summed E-state index contributed by atoms with van der Waals surface area (Å²) in [6, 6.07) is 6.56. The van der Waals surface area contributed by atoms with E-state index in [4.69, 9.17) is 9.84 Å². The van der Waals surface area contributed by atoms with Gasteiger partial charge in [0.2, 0.25) is 0 Å². The lowest BCUT2D eigenvalue weighted by Crippen LogP contribution is -2.40. The third-order valence-corrected chi connectivity index (χ3v) is 4.56. The maximum atomic E-state index is 12.7. The second kappa shape index (κ2) is 8.54. The van der Waals surface area contributed by atoms with Crippen LogP contribution >= 0.6 is 0 Å². The summed E-state index contributed by atoms with van der Waals surface area (Å²) in [7, 11) is 0. The van der Waals surface area contributed by atoms with Gasteiger partial charge < -0.3 is 9.84 Å². The summed E-state index contributed by atoms with van der Waals surface area (Å²) in [6.45, 7) is 7.01. The first kappa shape index (κ1) is 21.6. The van der Waals surface area contributed by atoms with Gasteiger partial charge >= 0.3 is 11.9 Å². The molecule has 0 spiro atoms. The Balaban J connectivity index is 2.17. The maximum absolute atomic E-state index is 12.7. The molecule has 1 heterocycles. The Bertz CT molecular complexity index is 744. The summed E-state index contributed by atoms with van der Waals surface area (Å²) >= 11 is 0. The van der Waals surface area contributed by atoms with Gasteiger partial charge in [-0.1, -0.05) is 19.1 Å². The fourth-order valence-electron chi connectivity index (χ4n) is 3.23. The lowest BCUT2D eigenvalue weighted by atomic mass is 9.91. The first-order valence-electron chi connectivity index (χ1n) is 9.39. The minimum absolute atomic E-state index is 0.00474. The third kappa shape index (κ3) is 5.41. The average Bonchev–Trinajstić information content (AvgIpc) is 2.83. The summed E-state index contributed by atoms with van der Waals surface area (Å²) in [5.41, 5.74) is -0.0505. The van der Waals surface area contributed by atoms with E-state index in [0.717, 1.165) is 4.90 Å². The molecule has 2 amide bonds. The van der Waals surface area contributed by atoms with E-state index < -0.39 is 35.3 Å². The van der Waals surface area contributed by atoms with Crippen LogP contribution in [0.5, 0.6) is 0 Å². The van der Waals surface area contributed by atoms with Gasteiger partial charge in [0.1, 0.15) is 5.60 Å². The van der Waals surface area contributed by atoms with Crippen LogP contribution in [0.3, 0.4) is 0 Å². The minimum Gasteiger partial charge on any atom is -0.481 e. The molecule has 0 aliphatic carbocycles. The Hall–Kier alpha value is -2.70. The van der Waals surface area contributed by atoms with Crippen LogP contribution in [-0.4, -0.2) is 45.9 Å². The van der Waals surface area contributed by atoms with Crippen LogP contribution in [0.25, 0.3) is 0 Å². The van der Waals surface area contributed by atoms with Gasteiger partial charge in [0.15, 0.2) is 0 Å². The third-order valence-electron chi connectivity index (χ3n) is 4.56. The van der Waals surface area contributed by atoms with E-state index in [1.54, 1.807) is 45.0 Å². The van der Waals surface area contributed by atoms with Crippen LogP contribution in [0.2, 0.25) is 0 Å². The molecule has 0 fully saturated rings. The highest BCUT2D eigenvalue weighted by Gasteiger charge is 2.39. The molecule has 1 aliphatic rings. The number of carbonyl (C=O) groups excluding carboxylic acids is 3. The number of benzene rings is 1. The van der Waals surface area contributed by atoms with Crippen molar-refractivity contribution in [3.05, 3.63) is 35.4 Å². The molecule has 0 radical (unpaired) electrons. The van der Waals surface area contributed by atoms with Gasteiger partial charge in [-0.2, -0.15) is 0 Å². The molecular formula is C21H27NO6. The molecule has 0 saturated heterocycles. The number of hydrogen-bond donors (Lipinski definition) is 1. The zero-order chi connectivity index (χ0) is 21.1. The molecule has 1 N–H and O–H groups in total. The highest BCUT2D eigenvalue weighted by atomic mass is 16.6. The van der Waals surface area contributed by atoms with E-state index in [2.05, 4.69) is 0 Å². The monoisotopic (exact) mass is 389 g/mol. The molecule has 0 bridgehead atoms. The number of carbonyl (C=O) groups is 4. The molecule has 0 aromatic heterocycles. The van der Waals surface area contributed by atoms with Crippen LogP contribution in [0.4, 0.5) is 0 Å². The largest absolute Gasteiger partial charge is 0.481 e. The number of rotatable bonds is 8. The topological polar surface area (TPSA) is 101 Å². The van der Waals surface area contributed by atoms with Crippen LogP contribution < -0.4 is 0 Å². The van der Waals surface area contributed by atoms with Crippen molar-refractivity contribution < 1.29 is 29.0 Å². The molecule has 1 aromatic carbocycles.